The monoisotopic (exact) mass is 326 g/mol. The molecule has 1 atom stereocenters. The maximum absolute atomic E-state index is 10.3. The van der Waals surface area contributed by atoms with Crippen molar-refractivity contribution in [2.24, 2.45) is 0 Å². The molecule has 1 saturated heterocycles. The fourth-order valence-electron chi connectivity index (χ4n) is 2.56. The molecule has 1 aliphatic rings. The minimum Gasteiger partial charge on any atom is -0.387 e. The second-order valence-corrected chi connectivity index (χ2v) is 6.07. The minimum absolute atomic E-state index is 0.388. The number of benzene rings is 1. The van der Waals surface area contributed by atoms with Crippen LogP contribution in [0, 0.1) is 0 Å². The number of aliphatic hydroxyl groups is 1. The average Bonchev–Trinajstić information content (AvgIpc) is 2.64. The van der Waals surface area contributed by atoms with Crippen molar-refractivity contribution < 1.29 is 5.11 Å². The van der Waals surface area contributed by atoms with Crippen LogP contribution in [0.4, 0.5) is 0 Å². The van der Waals surface area contributed by atoms with Crippen LogP contribution in [0.3, 0.4) is 0 Å². The lowest BCUT2D eigenvalue weighted by molar-refractivity contribution is 0.115. The molecule has 4 heteroatoms. The van der Waals surface area contributed by atoms with Crippen molar-refractivity contribution in [3.8, 4) is 0 Å². The average molecular weight is 327 g/mol. The molecule has 2 rings (SSSR count). The summed E-state index contributed by atoms with van der Waals surface area (Å²) in [6, 6.07) is 7.95. The number of aliphatic hydroxyl groups excluding tert-OH is 1. The summed E-state index contributed by atoms with van der Waals surface area (Å²) in [6.45, 7) is 8.52. The molecule has 1 aliphatic heterocycles. The van der Waals surface area contributed by atoms with E-state index in [4.69, 9.17) is 0 Å². The Morgan fingerprint density at radius 2 is 1.74 bits per heavy atom. The van der Waals surface area contributed by atoms with Crippen LogP contribution in [-0.2, 0) is 0 Å². The first-order valence-electron chi connectivity index (χ1n) is 7.07. The first kappa shape index (κ1) is 15.0. The summed E-state index contributed by atoms with van der Waals surface area (Å²) >= 11 is 3.42. The van der Waals surface area contributed by atoms with Gasteiger partial charge in [0.05, 0.1) is 6.10 Å². The first-order chi connectivity index (χ1) is 9.19. The molecule has 0 spiro atoms. The predicted molar refractivity (Wildman–Crippen MR) is 82.3 cm³/mol. The van der Waals surface area contributed by atoms with Crippen LogP contribution in [-0.4, -0.2) is 54.2 Å². The van der Waals surface area contributed by atoms with Crippen molar-refractivity contribution in [2.45, 2.75) is 19.4 Å². The Morgan fingerprint density at radius 3 is 2.42 bits per heavy atom. The van der Waals surface area contributed by atoms with Crippen molar-refractivity contribution >= 4 is 15.9 Å². The number of nitrogens with zero attached hydrogens (tertiary/aromatic N) is 2. The van der Waals surface area contributed by atoms with Crippen LogP contribution in [0.1, 0.15) is 25.0 Å². The van der Waals surface area contributed by atoms with Crippen molar-refractivity contribution in [2.75, 3.05) is 39.3 Å². The van der Waals surface area contributed by atoms with E-state index in [-0.39, 0.29) is 6.10 Å². The molecule has 1 unspecified atom stereocenters. The van der Waals surface area contributed by atoms with Gasteiger partial charge in [-0.3, -0.25) is 4.90 Å². The maximum Gasteiger partial charge on any atom is 0.0916 e. The van der Waals surface area contributed by atoms with Crippen molar-refractivity contribution in [1.82, 2.24) is 9.80 Å². The first-order valence-corrected chi connectivity index (χ1v) is 7.86. The molecule has 0 aliphatic carbocycles. The van der Waals surface area contributed by atoms with Gasteiger partial charge in [-0.25, -0.2) is 0 Å². The van der Waals surface area contributed by atoms with Gasteiger partial charge >= 0.3 is 0 Å². The van der Waals surface area contributed by atoms with Crippen LogP contribution in [0.25, 0.3) is 0 Å². The van der Waals surface area contributed by atoms with Gasteiger partial charge in [0.25, 0.3) is 0 Å². The van der Waals surface area contributed by atoms with E-state index in [2.05, 4.69) is 32.7 Å². The Balaban J connectivity index is 1.88. The van der Waals surface area contributed by atoms with E-state index < -0.39 is 0 Å². The van der Waals surface area contributed by atoms with Crippen molar-refractivity contribution in [3.63, 3.8) is 0 Å². The number of hydrogen-bond donors (Lipinski definition) is 1. The largest absolute Gasteiger partial charge is 0.387 e. The molecule has 1 fully saturated rings. The van der Waals surface area contributed by atoms with Crippen LogP contribution >= 0.6 is 15.9 Å². The Morgan fingerprint density at radius 1 is 1.11 bits per heavy atom. The van der Waals surface area contributed by atoms with E-state index in [0.717, 1.165) is 42.8 Å². The van der Waals surface area contributed by atoms with Crippen LogP contribution in [0.5, 0.6) is 0 Å². The highest BCUT2D eigenvalue weighted by molar-refractivity contribution is 9.10. The third-order valence-electron chi connectivity index (χ3n) is 3.81. The summed E-state index contributed by atoms with van der Waals surface area (Å²) in [6.07, 6.45) is 0.808. The van der Waals surface area contributed by atoms with Gasteiger partial charge in [0, 0.05) is 24.1 Å². The lowest BCUT2D eigenvalue weighted by Crippen LogP contribution is -2.33. The van der Waals surface area contributed by atoms with Gasteiger partial charge in [0.1, 0.15) is 0 Å². The highest BCUT2D eigenvalue weighted by atomic mass is 79.9. The van der Waals surface area contributed by atoms with E-state index in [1.165, 1.54) is 13.0 Å². The summed E-state index contributed by atoms with van der Waals surface area (Å²) in [5.41, 5.74) is 1.000. The van der Waals surface area contributed by atoms with E-state index >= 15 is 0 Å². The van der Waals surface area contributed by atoms with Gasteiger partial charge in [-0.1, -0.05) is 35.0 Å². The number of halogens is 1. The molecule has 1 aromatic rings. The predicted octanol–water partition coefficient (Wildman–Crippen LogP) is 2.51. The van der Waals surface area contributed by atoms with Crippen molar-refractivity contribution in [1.29, 1.82) is 0 Å². The topological polar surface area (TPSA) is 26.7 Å². The summed E-state index contributed by atoms with van der Waals surface area (Å²) in [5, 5.41) is 10.3. The summed E-state index contributed by atoms with van der Waals surface area (Å²) in [7, 11) is 0. The highest BCUT2D eigenvalue weighted by Gasteiger charge is 2.17. The van der Waals surface area contributed by atoms with E-state index in [0.29, 0.717) is 0 Å². The Kier molecular flexibility index (Phi) is 5.82. The third-order valence-corrected chi connectivity index (χ3v) is 4.34. The lowest BCUT2D eigenvalue weighted by atomic mass is 10.1. The summed E-state index contributed by atoms with van der Waals surface area (Å²) in [4.78, 5) is 4.86. The van der Waals surface area contributed by atoms with E-state index in [9.17, 15) is 5.11 Å². The van der Waals surface area contributed by atoms with Gasteiger partial charge in [-0.15, -0.1) is 0 Å². The maximum atomic E-state index is 10.3. The van der Waals surface area contributed by atoms with Gasteiger partial charge in [-0.2, -0.15) is 0 Å². The molecule has 1 aromatic carbocycles. The molecular weight excluding hydrogens is 304 g/mol. The molecule has 0 saturated carbocycles. The Labute approximate surface area is 124 Å². The van der Waals surface area contributed by atoms with Gasteiger partial charge in [0.15, 0.2) is 0 Å². The molecule has 19 heavy (non-hydrogen) atoms. The zero-order valence-electron chi connectivity index (χ0n) is 11.6. The number of β-amino-alcohol motifs (C(OH)–C–C–N with tert-alkyl or cyclic N) is 1. The van der Waals surface area contributed by atoms with Crippen LogP contribution in [0.15, 0.2) is 28.7 Å². The zero-order chi connectivity index (χ0) is 13.7. The quantitative estimate of drug-likeness (QED) is 0.921. The fourth-order valence-corrected chi connectivity index (χ4v) is 2.82. The van der Waals surface area contributed by atoms with Crippen LogP contribution in [0.2, 0.25) is 0 Å². The summed E-state index contributed by atoms with van der Waals surface area (Å²) in [5.74, 6) is 0. The molecule has 0 aromatic heterocycles. The van der Waals surface area contributed by atoms with Gasteiger partial charge < -0.3 is 10.0 Å². The number of rotatable bonds is 4. The van der Waals surface area contributed by atoms with E-state index in [1.54, 1.807) is 0 Å². The molecule has 1 heterocycles. The van der Waals surface area contributed by atoms with Crippen LogP contribution < -0.4 is 0 Å². The fraction of sp³-hybridized carbons (Fsp3) is 0.600. The standard InChI is InChI=1S/C15H23BrN2O/c1-2-17-8-3-9-18(11-10-17)12-15(19)13-4-6-14(16)7-5-13/h4-7,15,19H,2-3,8-12H2,1H3. The van der Waals surface area contributed by atoms with Gasteiger partial charge in [0.2, 0.25) is 0 Å². The normalized spacial score (nSPS) is 20.2. The van der Waals surface area contributed by atoms with E-state index in [1.807, 2.05) is 24.3 Å². The molecule has 0 amide bonds. The molecule has 0 bridgehead atoms. The second kappa shape index (κ2) is 7.39. The molecule has 3 nitrogen and oxygen atoms in total. The highest BCUT2D eigenvalue weighted by Crippen LogP contribution is 2.18. The Bertz CT molecular complexity index is 382. The number of hydrogen-bond acceptors (Lipinski definition) is 3. The molecule has 0 radical (unpaired) electrons. The molecule has 106 valence electrons. The smallest absolute Gasteiger partial charge is 0.0916 e. The number of likely N-dealkylation sites (N-methyl/N-ethyl adjacent to an activating group) is 1. The summed E-state index contributed by atoms with van der Waals surface area (Å²) < 4.78 is 1.05. The Hall–Kier alpha value is -0.420. The zero-order valence-corrected chi connectivity index (χ0v) is 13.1. The van der Waals surface area contributed by atoms with Crippen molar-refractivity contribution in [3.05, 3.63) is 34.3 Å². The lowest BCUT2D eigenvalue weighted by Gasteiger charge is -2.23. The SMILES string of the molecule is CCN1CCCN(CC(O)c2ccc(Br)cc2)CC1. The molecule has 1 N–H and O–H groups in total. The third kappa shape index (κ3) is 4.56. The van der Waals surface area contributed by atoms with Gasteiger partial charge in [-0.05, 0) is 43.8 Å². The molecular formula is C15H23BrN2O. The second-order valence-electron chi connectivity index (χ2n) is 5.16. The minimum atomic E-state index is -0.388.